The monoisotopic (exact) mass is 375 g/mol. The maximum atomic E-state index is 12.1. The molecule has 7 heteroatoms. The lowest BCUT2D eigenvalue weighted by molar-refractivity contribution is -0.142. The number of aliphatic carboxylic acids is 1. The molecule has 0 aromatic heterocycles. The molecule has 0 spiro atoms. The summed E-state index contributed by atoms with van der Waals surface area (Å²) in [5, 5.41) is 17.6. The molecule has 4 N–H and O–H groups in total. The molecule has 1 fully saturated rings. The number of carbonyl (C=O) groups is 3. The lowest BCUT2D eigenvalue weighted by atomic mass is 9.86. The fourth-order valence-electron chi connectivity index (χ4n) is 3.25. The average Bonchev–Trinajstić information content (AvgIpc) is 2.60. The Morgan fingerprint density at radius 2 is 1.85 bits per heavy atom. The molecule has 1 saturated carbocycles. The van der Waals surface area contributed by atoms with Crippen LogP contribution in [0.3, 0.4) is 0 Å². The van der Waals surface area contributed by atoms with Crippen LogP contribution in [-0.4, -0.2) is 29.1 Å². The summed E-state index contributed by atoms with van der Waals surface area (Å²) in [7, 11) is 0. The summed E-state index contributed by atoms with van der Waals surface area (Å²) in [6.45, 7) is 4.34. The van der Waals surface area contributed by atoms with E-state index in [1.54, 1.807) is 0 Å². The molecule has 1 aliphatic carbocycles. The van der Waals surface area contributed by atoms with E-state index in [4.69, 9.17) is 5.11 Å². The molecule has 1 aromatic carbocycles. The van der Waals surface area contributed by atoms with Gasteiger partial charge in [-0.1, -0.05) is 26.0 Å². The first-order valence-corrected chi connectivity index (χ1v) is 9.49. The van der Waals surface area contributed by atoms with Crippen LogP contribution in [0.15, 0.2) is 24.3 Å². The SMILES string of the molecule is CC(C)CC(=O)Nc1cccc(CNC(=O)NC2CCC(C(=O)O)CC2)c1. The Bertz CT molecular complexity index is 667. The Morgan fingerprint density at radius 3 is 2.48 bits per heavy atom. The van der Waals surface area contributed by atoms with Crippen LogP contribution in [0.2, 0.25) is 0 Å². The number of nitrogens with one attached hydrogen (secondary N) is 3. The van der Waals surface area contributed by atoms with E-state index in [0.29, 0.717) is 50.3 Å². The number of urea groups is 1. The van der Waals surface area contributed by atoms with E-state index in [2.05, 4.69) is 16.0 Å². The maximum Gasteiger partial charge on any atom is 0.315 e. The van der Waals surface area contributed by atoms with E-state index >= 15 is 0 Å². The molecule has 3 amide bonds. The average molecular weight is 375 g/mol. The van der Waals surface area contributed by atoms with Gasteiger partial charge in [-0.25, -0.2) is 4.79 Å². The molecule has 0 aliphatic heterocycles. The minimum absolute atomic E-state index is 0.0160. The second kappa shape index (κ2) is 9.94. The van der Waals surface area contributed by atoms with Gasteiger partial charge >= 0.3 is 12.0 Å². The van der Waals surface area contributed by atoms with Crippen LogP contribution < -0.4 is 16.0 Å². The highest BCUT2D eigenvalue weighted by atomic mass is 16.4. The van der Waals surface area contributed by atoms with Crippen molar-refractivity contribution in [2.24, 2.45) is 11.8 Å². The Kier molecular flexibility index (Phi) is 7.64. The zero-order valence-electron chi connectivity index (χ0n) is 16.0. The molecule has 27 heavy (non-hydrogen) atoms. The highest BCUT2D eigenvalue weighted by molar-refractivity contribution is 5.90. The number of hydrogen-bond acceptors (Lipinski definition) is 3. The predicted molar refractivity (Wildman–Crippen MR) is 103 cm³/mol. The summed E-state index contributed by atoms with van der Waals surface area (Å²) >= 11 is 0. The second-order valence-corrected chi connectivity index (χ2v) is 7.56. The summed E-state index contributed by atoms with van der Waals surface area (Å²) < 4.78 is 0. The van der Waals surface area contributed by atoms with Crippen LogP contribution in [0.5, 0.6) is 0 Å². The molecular weight excluding hydrogens is 346 g/mol. The molecule has 7 nitrogen and oxygen atoms in total. The van der Waals surface area contributed by atoms with Gasteiger partial charge in [0, 0.05) is 24.7 Å². The summed E-state index contributed by atoms with van der Waals surface area (Å²) in [5.41, 5.74) is 1.61. The van der Waals surface area contributed by atoms with Crippen LogP contribution in [0.1, 0.15) is 51.5 Å². The van der Waals surface area contributed by atoms with Gasteiger partial charge in [0.2, 0.25) is 5.91 Å². The lowest BCUT2D eigenvalue weighted by Gasteiger charge is -2.26. The predicted octanol–water partition coefficient (Wildman–Crippen LogP) is 3.11. The van der Waals surface area contributed by atoms with E-state index in [1.807, 2.05) is 38.1 Å². The van der Waals surface area contributed by atoms with Gasteiger partial charge in [0.1, 0.15) is 0 Å². The standard InChI is InChI=1S/C20H29N3O4/c1-13(2)10-18(24)22-17-5-3-4-14(11-17)12-21-20(27)23-16-8-6-15(7-9-16)19(25)26/h3-5,11,13,15-16H,6-10,12H2,1-2H3,(H,22,24)(H,25,26)(H2,21,23,27). The van der Waals surface area contributed by atoms with Crippen molar-refractivity contribution < 1.29 is 19.5 Å². The third kappa shape index (κ3) is 7.29. The first kappa shape index (κ1) is 20.7. The second-order valence-electron chi connectivity index (χ2n) is 7.56. The van der Waals surface area contributed by atoms with Gasteiger partial charge in [-0.05, 0) is 49.3 Å². The minimum atomic E-state index is -0.752. The first-order chi connectivity index (χ1) is 12.8. The molecule has 0 heterocycles. The van der Waals surface area contributed by atoms with Gasteiger partial charge in [-0.3, -0.25) is 9.59 Å². The largest absolute Gasteiger partial charge is 0.481 e. The summed E-state index contributed by atoms with van der Waals surface area (Å²) in [6.07, 6.45) is 3.02. The van der Waals surface area contributed by atoms with E-state index in [9.17, 15) is 14.4 Å². The Morgan fingerprint density at radius 1 is 1.15 bits per heavy atom. The van der Waals surface area contributed by atoms with Gasteiger partial charge in [0.25, 0.3) is 0 Å². The summed E-state index contributed by atoms with van der Waals surface area (Å²) in [6, 6.07) is 7.15. The first-order valence-electron chi connectivity index (χ1n) is 9.49. The van der Waals surface area contributed by atoms with Crippen molar-refractivity contribution in [1.29, 1.82) is 0 Å². The third-order valence-electron chi connectivity index (χ3n) is 4.67. The Hall–Kier alpha value is -2.57. The van der Waals surface area contributed by atoms with Crippen molar-refractivity contribution in [2.45, 2.75) is 58.5 Å². The van der Waals surface area contributed by atoms with Crippen LogP contribution in [-0.2, 0) is 16.1 Å². The van der Waals surface area contributed by atoms with Crippen LogP contribution >= 0.6 is 0 Å². The molecule has 0 atom stereocenters. The van der Waals surface area contributed by atoms with Gasteiger partial charge in [0.15, 0.2) is 0 Å². The molecule has 0 bridgehead atoms. The fraction of sp³-hybridized carbons (Fsp3) is 0.550. The smallest absolute Gasteiger partial charge is 0.315 e. The van der Waals surface area contributed by atoms with E-state index in [0.717, 1.165) is 5.56 Å². The zero-order valence-corrected chi connectivity index (χ0v) is 16.0. The van der Waals surface area contributed by atoms with Gasteiger partial charge in [0.05, 0.1) is 5.92 Å². The van der Waals surface area contributed by atoms with Gasteiger partial charge < -0.3 is 21.1 Å². The van der Waals surface area contributed by atoms with Crippen molar-refractivity contribution in [3.8, 4) is 0 Å². The van der Waals surface area contributed by atoms with Gasteiger partial charge in [-0.15, -0.1) is 0 Å². The van der Waals surface area contributed by atoms with E-state index < -0.39 is 5.97 Å². The molecule has 148 valence electrons. The molecule has 0 saturated heterocycles. The van der Waals surface area contributed by atoms with E-state index in [-0.39, 0.29) is 23.9 Å². The highest BCUT2D eigenvalue weighted by Gasteiger charge is 2.26. The quantitative estimate of drug-likeness (QED) is 0.587. The third-order valence-corrected chi connectivity index (χ3v) is 4.67. The van der Waals surface area contributed by atoms with Crippen LogP contribution in [0.4, 0.5) is 10.5 Å². The number of amides is 3. The zero-order chi connectivity index (χ0) is 19.8. The molecule has 0 radical (unpaired) electrons. The van der Waals surface area contributed by atoms with Crippen LogP contribution in [0, 0.1) is 11.8 Å². The number of anilines is 1. The lowest BCUT2D eigenvalue weighted by Crippen LogP contribution is -2.43. The fourth-order valence-corrected chi connectivity index (χ4v) is 3.25. The number of carboxylic acids is 1. The summed E-state index contributed by atoms with van der Waals surface area (Å²) in [5.74, 6) is -0.771. The molecule has 1 aliphatic rings. The normalized spacial score (nSPS) is 19.4. The minimum Gasteiger partial charge on any atom is -0.481 e. The van der Waals surface area contributed by atoms with Crippen molar-refractivity contribution >= 4 is 23.6 Å². The van der Waals surface area contributed by atoms with Crippen molar-refractivity contribution in [3.63, 3.8) is 0 Å². The Balaban J connectivity index is 1.76. The van der Waals surface area contributed by atoms with Crippen LogP contribution in [0.25, 0.3) is 0 Å². The van der Waals surface area contributed by atoms with Crippen molar-refractivity contribution in [3.05, 3.63) is 29.8 Å². The Labute approximate surface area is 159 Å². The number of carboxylic acid groups (broad SMARTS) is 1. The molecular formula is C20H29N3O4. The van der Waals surface area contributed by atoms with Crippen molar-refractivity contribution in [2.75, 3.05) is 5.32 Å². The summed E-state index contributed by atoms with van der Waals surface area (Å²) in [4.78, 5) is 34.9. The maximum absolute atomic E-state index is 12.1. The van der Waals surface area contributed by atoms with E-state index in [1.165, 1.54) is 0 Å². The molecule has 1 aromatic rings. The number of carbonyl (C=O) groups excluding carboxylic acids is 2. The number of rotatable bonds is 7. The van der Waals surface area contributed by atoms with Crippen molar-refractivity contribution in [1.82, 2.24) is 10.6 Å². The molecule has 0 unspecified atom stereocenters. The molecule has 2 rings (SSSR count). The number of hydrogen-bond donors (Lipinski definition) is 4. The number of benzene rings is 1. The topological polar surface area (TPSA) is 108 Å². The highest BCUT2D eigenvalue weighted by Crippen LogP contribution is 2.24. The van der Waals surface area contributed by atoms with Gasteiger partial charge in [-0.2, -0.15) is 0 Å².